The van der Waals surface area contributed by atoms with Crippen molar-refractivity contribution in [3.05, 3.63) is 24.3 Å². The molecular weight excluding hydrogens is 274 g/mol. The van der Waals surface area contributed by atoms with E-state index in [-0.39, 0.29) is 18.9 Å². The van der Waals surface area contributed by atoms with Crippen LogP contribution in [0.5, 0.6) is 11.5 Å². The van der Waals surface area contributed by atoms with E-state index in [1.807, 2.05) is 0 Å². The van der Waals surface area contributed by atoms with Gasteiger partial charge in [-0.25, -0.2) is 0 Å². The van der Waals surface area contributed by atoms with E-state index in [0.717, 1.165) is 0 Å². The van der Waals surface area contributed by atoms with Crippen molar-refractivity contribution >= 4 is 11.9 Å². The summed E-state index contributed by atoms with van der Waals surface area (Å²) in [5.74, 6) is -0.159. The van der Waals surface area contributed by atoms with Crippen molar-refractivity contribution in [1.82, 2.24) is 5.32 Å². The van der Waals surface area contributed by atoms with Crippen molar-refractivity contribution in [1.29, 1.82) is 0 Å². The summed E-state index contributed by atoms with van der Waals surface area (Å²) >= 11 is 0. The molecule has 0 heterocycles. The summed E-state index contributed by atoms with van der Waals surface area (Å²) in [5, 5.41) is 11.4. The highest BCUT2D eigenvalue weighted by Crippen LogP contribution is 2.25. The van der Waals surface area contributed by atoms with E-state index >= 15 is 0 Å². The van der Waals surface area contributed by atoms with Gasteiger partial charge in [-0.05, 0) is 32.4 Å². The number of carbonyl (C=O) groups excluding carboxylic acids is 1. The molecule has 0 saturated carbocycles. The van der Waals surface area contributed by atoms with Crippen molar-refractivity contribution in [2.24, 2.45) is 0 Å². The van der Waals surface area contributed by atoms with Crippen molar-refractivity contribution in [2.75, 3.05) is 13.7 Å². The van der Waals surface area contributed by atoms with Crippen molar-refractivity contribution < 1.29 is 24.2 Å². The third-order valence-corrected chi connectivity index (χ3v) is 2.87. The Kier molecular flexibility index (Phi) is 6.02. The normalized spacial score (nSPS) is 10.8. The third-order valence-electron chi connectivity index (χ3n) is 2.87. The van der Waals surface area contributed by atoms with Crippen LogP contribution >= 0.6 is 0 Å². The molecule has 0 radical (unpaired) electrons. The Morgan fingerprint density at radius 1 is 1.24 bits per heavy atom. The molecule has 0 aliphatic carbocycles. The largest absolute Gasteiger partial charge is 0.493 e. The summed E-state index contributed by atoms with van der Waals surface area (Å²) in [4.78, 5) is 22.4. The van der Waals surface area contributed by atoms with Crippen LogP contribution in [-0.4, -0.2) is 36.2 Å². The molecule has 0 spiro atoms. The molecule has 21 heavy (non-hydrogen) atoms. The zero-order valence-corrected chi connectivity index (χ0v) is 12.5. The first-order chi connectivity index (χ1) is 9.84. The minimum absolute atomic E-state index is 0.000640. The van der Waals surface area contributed by atoms with Crippen LogP contribution in [0.3, 0.4) is 0 Å². The highest BCUT2D eigenvalue weighted by Gasteiger charge is 2.21. The number of para-hydroxylation sites is 2. The molecule has 1 aromatic carbocycles. The van der Waals surface area contributed by atoms with E-state index in [1.165, 1.54) is 7.11 Å². The molecule has 0 atom stereocenters. The number of aliphatic carboxylic acids is 1. The number of rotatable bonds is 8. The molecule has 0 saturated heterocycles. The Hall–Kier alpha value is -2.24. The summed E-state index contributed by atoms with van der Waals surface area (Å²) in [6.45, 7) is 3.39. The van der Waals surface area contributed by atoms with Crippen LogP contribution in [0.15, 0.2) is 24.3 Å². The molecule has 1 amide bonds. The fraction of sp³-hybridized carbons (Fsp3) is 0.467. The zero-order valence-electron chi connectivity index (χ0n) is 12.5. The third kappa shape index (κ3) is 6.16. The molecule has 0 unspecified atom stereocenters. The Morgan fingerprint density at radius 3 is 2.43 bits per heavy atom. The molecule has 6 nitrogen and oxygen atoms in total. The first-order valence-corrected chi connectivity index (χ1v) is 6.63. The van der Waals surface area contributed by atoms with E-state index in [4.69, 9.17) is 14.6 Å². The number of hydrogen-bond donors (Lipinski definition) is 2. The van der Waals surface area contributed by atoms with Gasteiger partial charge < -0.3 is 19.9 Å². The number of carboxylic acids is 1. The minimum Gasteiger partial charge on any atom is -0.493 e. The minimum atomic E-state index is -0.886. The SMILES string of the molecule is COc1ccccc1OCC(=O)NC(C)(C)CCC(=O)O. The predicted molar refractivity (Wildman–Crippen MR) is 77.6 cm³/mol. The molecule has 0 aliphatic rings. The van der Waals surface area contributed by atoms with Crippen LogP contribution in [0.2, 0.25) is 0 Å². The standard InChI is InChI=1S/C15H21NO5/c1-15(2,9-8-14(18)19)16-13(17)10-21-12-7-5-4-6-11(12)20-3/h4-7H,8-10H2,1-3H3,(H,16,17)(H,18,19). The number of amides is 1. The Balaban J connectivity index is 2.48. The van der Waals surface area contributed by atoms with Crippen LogP contribution in [0.4, 0.5) is 0 Å². The fourth-order valence-electron chi connectivity index (χ4n) is 1.78. The maximum Gasteiger partial charge on any atom is 0.303 e. The van der Waals surface area contributed by atoms with Gasteiger partial charge in [0.25, 0.3) is 5.91 Å². The van der Waals surface area contributed by atoms with Crippen molar-refractivity contribution in [2.45, 2.75) is 32.2 Å². The summed E-state index contributed by atoms with van der Waals surface area (Å²) in [6.07, 6.45) is 0.351. The average Bonchev–Trinajstić information content (AvgIpc) is 2.43. The van der Waals surface area contributed by atoms with Crippen LogP contribution in [0, 0.1) is 0 Å². The number of methoxy groups -OCH3 is 1. The maximum atomic E-state index is 11.9. The Morgan fingerprint density at radius 2 is 1.86 bits per heavy atom. The topological polar surface area (TPSA) is 84.9 Å². The Bertz CT molecular complexity index is 499. The van der Waals surface area contributed by atoms with E-state index in [0.29, 0.717) is 17.9 Å². The van der Waals surface area contributed by atoms with Crippen LogP contribution < -0.4 is 14.8 Å². The number of benzene rings is 1. The number of ether oxygens (including phenoxy) is 2. The van der Waals surface area contributed by atoms with Crippen LogP contribution in [0.1, 0.15) is 26.7 Å². The monoisotopic (exact) mass is 295 g/mol. The molecular formula is C15H21NO5. The van der Waals surface area contributed by atoms with E-state index in [9.17, 15) is 9.59 Å². The van der Waals surface area contributed by atoms with Gasteiger partial charge in [0.05, 0.1) is 7.11 Å². The fourth-order valence-corrected chi connectivity index (χ4v) is 1.78. The average molecular weight is 295 g/mol. The number of nitrogens with one attached hydrogen (secondary N) is 1. The number of carboxylic acid groups (broad SMARTS) is 1. The molecule has 0 aliphatic heterocycles. The van der Waals surface area contributed by atoms with Gasteiger partial charge in [-0.3, -0.25) is 9.59 Å². The molecule has 1 aromatic rings. The molecule has 0 bridgehead atoms. The summed E-state index contributed by atoms with van der Waals surface area (Å²) in [5.41, 5.74) is -0.598. The first kappa shape index (κ1) is 16.8. The van der Waals surface area contributed by atoms with Crippen LogP contribution in [0.25, 0.3) is 0 Å². The van der Waals surface area contributed by atoms with Gasteiger partial charge in [-0.15, -0.1) is 0 Å². The van der Waals surface area contributed by atoms with Gasteiger partial charge in [0.1, 0.15) is 0 Å². The Labute approximate surface area is 124 Å². The molecule has 2 N–H and O–H groups in total. The highest BCUT2D eigenvalue weighted by molar-refractivity contribution is 5.78. The van der Waals surface area contributed by atoms with Gasteiger partial charge in [0, 0.05) is 12.0 Å². The second-order valence-corrected chi connectivity index (χ2v) is 5.27. The second-order valence-electron chi connectivity index (χ2n) is 5.27. The van der Waals surface area contributed by atoms with Gasteiger partial charge in [-0.2, -0.15) is 0 Å². The smallest absolute Gasteiger partial charge is 0.303 e. The molecule has 116 valence electrons. The summed E-state index contributed by atoms with van der Waals surface area (Å²) in [7, 11) is 1.53. The second kappa shape index (κ2) is 7.52. The molecule has 0 aromatic heterocycles. The lowest BCUT2D eigenvalue weighted by atomic mass is 9.98. The predicted octanol–water partition coefficient (Wildman–Crippen LogP) is 1.83. The number of hydrogen-bond acceptors (Lipinski definition) is 4. The van der Waals surface area contributed by atoms with Gasteiger partial charge >= 0.3 is 5.97 Å². The number of carbonyl (C=O) groups is 2. The van der Waals surface area contributed by atoms with Gasteiger partial charge in [0.2, 0.25) is 0 Å². The summed E-state index contributed by atoms with van der Waals surface area (Å²) < 4.78 is 10.5. The lowest BCUT2D eigenvalue weighted by Gasteiger charge is -2.25. The van der Waals surface area contributed by atoms with Crippen molar-refractivity contribution in [3.8, 4) is 11.5 Å². The van der Waals surface area contributed by atoms with Gasteiger partial charge in [-0.1, -0.05) is 12.1 Å². The summed E-state index contributed by atoms with van der Waals surface area (Å²) in [6, 6.07) is 7.04. The van der Waals surface area contributed by atoms with Crippen molar-refractivity contribution in [3.63, 3.8) is 0 Å². The molecule has 6 heteroatoms. The van der Waals surface area contributed by atoms with Crippen LogP contribution in [-0.2, 0) is 9.59 Å². The lowest BCUT2D eigenvalue weighted by molar-refractivity contribution is -0.138. The van der Waals surface area contributed by atoms with E-state index < -0.39 is 11.5 Å². The zero-order chi connectivity index (χ0) is 15.9. The highest BCUT2D eigenvalue weighted by atomic mass is 16.5. The molecule has 1 rings (SSSR count). The van der Waals surface area contributed by atoms with E-state index in [2.05, 4.69) is 5.32 Å². The maximum absolute atomic E-state index is 11.9. The quantitative estimate of drug-likeness (QED) is 0.764. The first-order valence-electron chi connectivity index (χ1n) is 6.63. The lowest BCUT2D eigenvalue weighted by Crippen LogP contribution is -2.45. The van der Waals surface area contributed by atoms with E-state index in [1.54, 1.807) is 38.1 Å². The molecule has 0 fully saturated rings. The van der Waals surface area contributed by atoms with Gasteiger partial charge in [0.15, 0.2) is 18.1 Å².